The number of aromatic nitrogens is 1. The first kappa shape index (κ1) is 20.6. The van der Waals surface area contributed by atoms with Crippen LogP contribution < -0.4 is 11.1 Å². The summed E-state index contributed by atoms with van der Waals surface area (Å²) in [4.78, 5) is 4.34. The van der Waals surface area contributed by atoms with Gasteiger partial charge in [-0.1, -0.05) is 24.3 Å². The highest BCUT2D eigenvalue weighted by Crippen LogP contribution is 2.29. The van der Waals surface area contributed by atoms with Crippen LogP contribution in [0.1, 0.15) is 17.5 Å². The van der Waals surface area contributed by atoms with E-state index in [-0.39, 0.29) is 13.0 Å². The van der Waals surface area contributed by atoms with Gasteiger partial charge in [0.2, 0.25) is 0 Å². The van der Waals surface area contributed by atoms with Crippen LogP contribution in [0.25, 0.3) is 0 Å². The van der Waals surface area contributed by atoms with Crippen molar-refractivity contribution in [2.45, 2.75) is 19.1 Å². The van der Waals surface area contributed by atoms with Crippen LogP contribution in [0.15, 0.2) is 83.2 Å². The molecule has 1 aromatic carbocycles. The SMILES string of the molecule is Nc1cn(Cc2ccc(C(F)(F)F)cc2)ccc1=NCC1=CC=CC(F)=C(F)C1. The number of hydrogen-bond acceptors (Lipinski definition) is 2. The lowest BCUT2D eigenvalue weighted by Crippen LogP contribution is -2.14. The third kappa shape index (κ3) is 5.43. The van der Waals surface area contributed by atoms with E-state index in [0.717, 1.165) is 18.2 Å². The maximum Gasteiger partial charge on any atom is 0.416 e. The number of nitrogens with two attached hydrogens (primary N) is 1. The van der Waals surface area contributed by atoms with Gasteiger partial charge < -0.3 is 10.3 Å². The Bertz CT molecular complexity index is 1040. The maximum absolute atomic E-state index is 13.5. The van der Waals surface area contributed by atoms with Gasteiger partial charge in [-0.05, 0) is 35.4 Å². The zero-order valence-electron chi connectivity index (χ0n) is 15.3. The molecule has 0 amide bonds. The molecule has 2 aromatic rings. The molecule has 0 aliphatic heterocycles. The van der Waals surface area contributed by atoms with Gasteiger partial charge in [0.1, 0.15) is 5.83 Å². The number of pyridine rings is 1. The Morgan fingerprint density at radius 1 is 1.07 bits per heavy atom. The predicted octanol–water partition coefficient (Wildman–Crippen LogP) is 5.08. The number of allylic oxidation sites excluding steroid dienone is 5. The van der Waals surface area contributed by atoms with Crippen LogP contribution in [0, 0.1) is 0 Å². The number of anilines is 1. The number of nitrogen functional groups attached to an aromatic ring is 1. The first-order valence-corrected chi connectivity index (χ1v) is 8.75. The average molecular weight is 407 g/mol. The molecule has 0 fully saturated rings. The molecule has 0 saturated carbocycles. The molecule has 8 heteroatoms. The Labute approximate surface area is 164 Å². The molecule has 29 heavy (non-hydrogen) atoms. The lowest BCUT2D eigenvalue weighted by atomic mass is 10.1. The van der Waals surface area contributed by atoms with Gasteiger partial charge in [-0.2, -0.15) is 13.2 Å². The number of hydrogen-bond donors (Lipinski definition) is 1. The highest BCUT2D eigenvalue weighted by atomic mass is 19.4. The Balaban J connectivity index is 1.71. The van der Waals surface area contributed by atoms with Crippen molar-refractivity contribution in [3.63, 3.8) is 0 Å². The molecule has 0 unspecified atom stereocenters. The monoisotopic (exact) mass is 407 g/mol. The van der Waals surface area contributed by atoms with Gasteiger partial charge in [0.25, 0.3) is 0 Å². The van der Waals surface area contributed by atoms with Gasteiger partial charge in [-0.15, -0.1) is 0 Å². The van der Waals surface area contributed by atoms with E-state index in [4.69, 9.17) is 5.73 Å². The number of rotatable bonds is 4. The van der Waals surface area contributed by atoms with E-state index in [0.29, 0.717) is 28.7 Å². The maximum atomic E-state index is 13.5. The van der Waals surface area contributed by atoms with Crippen molar-refractivity contribution in [3.8, 4) is 0 Å². The zero-order valence-corrected chi connectivity index (χ0v) is 15.3. The van der Waals surface area contributed by atoms with Gasteiger partial charge in [-0.3, -0.25) is 4.99 Å². The summed E-state index contributed by atoms with van der Waals surface area (Å²) >= 11 is 0. The highest BCUT2D eigenvalue weighted by Gasteiger charge is 2.29. The van der Waals surface area contributed by atoms with Crippen LogP contribution in [-0.2, 0) is 12.7 Å². The van der Waals surface area contributed by atoms with Crippen LogP contribution >= 0.6 is 0 Å². The highest BCUT2D eigenvalue weighted by molar-refractivity contribution is 5.35. The molecular weight excluding hydrogens is 389 g/mol. The molecule has 1 aliphatic rings. The molecule has 0 spiro atoms. The smallest absolute Gasteiger partial charge is 0.396 e. The normalized spacial score (nSPS) is 15.5. The molecule has 152 valence electrons. The van der Waals surface area contributed by atoms with Crippen LogP contribution in [0.3, 0.4) is 0 Å². The fraction of sp³-hybridized carbons (Fsp3) is 0.190. The summed E-state index contributed by atoms with van der Waals surface area (Å²) in [7, 11) is 0. The molecule has 1 heterocycles. The van der Waals surface area contributed by atoms with Crippen molar-refractivity contribution in [2.24, 2.45) is 4.99 Å². The van der Waals surface area contributed by atoms with Crippen molar-refractivity contribution in [2.75, 3.05) is 12.3 Å². The number of halogens is 5. The summed E-state index contributed by atoms with van der Waals surface area (Å²) < 4.78 is 66.4. The summed E-state index contributed by atoms with van der Waals surface area (Å²) in [5.74, 6) is -1.73. The largest absolute Gasteiger partial charge is 0.416 e. The summed E-state index contributed by atoms with van der Waals surface area (Å²) in [5.41, 5.74) is 6.97. The number of alkyl halides is 3. The summed E-state index contributed by atoms with van der Waals surface area (Å²) in [6, 6.07) is 6.57. The van der Waals surface area contributed by atoms with E-state index in [1.54, 1.807) is 29.1 Å². The molecule has 1 aliphatic carbocycles. The summed E-state index contributed by atoms with van der Waals surface area (Å²) in [6.45, 7) is 0.506. The van der Waals surface area contributed by atoms with Crippen molar-refractivity contribution in [1.82, 2.24) is 4.57 Å². The van der Waals surface area contributed by atoms with Gasteiger partial charge in [-0.25, -0.2) is 8.78 Å². The number of nitrogens with zero attached hydrogens (tertiary/aromatic N) is 2. The quantitative estimate of drug-likeness (QED) is 0.707. The van der Waals surface area contributed by atoms with E-state index in [1.807, 2.05) is 0 Å². The Morgan fingerprint density at radius 3 is 2.45 bits per heavy atom. The molecule has 0 radical (unpaired) electrons. The van der Waals surface area contributed by atoms with E-state index in [1.165, 1.54) is 18.2 Å². The van der Waals surface area contributed by atoms with Crippen molar-refractivity contribution < 1.29 is 22.0 Å². The molecule has 1 aromatic heterocycles. The molecule has 0 bridgehead atoms. The molecule has 0 saturated heterocycles. The van der Waals surface area contributed by atoms with E-state index >= 15 is 0 Å². The Hall–Kier alpha value is -3.16. The standard InChI is InChI=1S/C21H18F5N3/c22-17-3-1-2-15(10-18(17)23)11-28-20-8-9-29(13-19(20)27)12-14-4-6-16(7-5-14)21(24,25)26/h1-9,13H,10-12,27H2. The Kier molecular flexibility index (Phi) is 6.00. The predicted molar refractivity (Wildman–Crippen MR) is 101 cm³/mol. The molecule has 0 atom stereocenters. The van der Waals surface area contributed by atoms with Gasteiger partial charge in [0.05, 0.1) is 23.2 Å². The number of benzene rings is 1. The first-order chi connectivity index (χ1) is 13.7. The fourth-order valence-corrected chi connectivity index (χ4v) is 2.80. The fourth-order valence-electron chi connectivity index (χ4n) is 2.80. The minimum atomic E-state index is -4.37. The minimum absolute atomic E-state index is 0.150. The van der Waals surface area contributed by atoms with Crippen LogP contribution in [-0.4, -0.2) is 11.1 Å². The van der Waals surface area contributed by atoms with Crippen molar-refractivity contribution in [1.29, 1.82) is 0 Å². The van der Waals surface area contributed by atoms with Crippen LogP contribution in [0.4, 0.5) is 27.6 Å². The molecule has 3 rings (SSSR count). The Morgan fingerprint density at radius 2 is 1.79 bits per heavy atom. The first-order valence-electron chi connectivity index (χ1n) is 8.75. The van der Waals surface area contributed by atoms with Crippen LogP contribution in [0.2, 0.25) is 0 Å². The third-order valence-corrected chi connectivity index (χ3v) is 4.34. The third-order valence-electron chi connectivity index (χ3n) is 4.34. The molecule has 2 N–H and O–H groups in total. The summed E-state index contributed by atoms with van der Waals surface area (Å²) in [5, 5.41) is 0.493. The second kappa shape index (κ2) is 8.46. The van der Waals surface area contributed by atoms with Crippen molar-refractivity contribution >= 4 is 5.69 Å². The second-order valence-electron chi connectivity index (χ2n) is 6.58. The average Bonchev–Trinajstić information content (AvgIpc) is 2.82. The van der Waals surface area contributed by atoms with E-state index in [2.05, 4.69) is 4.99 Å². The lowest BCUT2D eigenvalue weighted by Gasteiger charge is -2.10. The topological polar surface area (TPSA) is 43.3 Å². The van der Waals surface area contributed by atoms with Gasteiger partial charge in [0, 0.05) is 25.4 Å². The second-order valence-corrected chi connectivity index (χ2v) is 6.58. The molecule has 3 nitrogen and oxygen atoms in total. The van der Waals surface area contributed by atoms with E-state index < -0.39 is 23.4 Å². The van der Waals surface area contributed by atoms with Gasteiger partial charge >= 0.3 is 6.18 Å². The van der Waals surface area contributed by atoms with Crippen LogP contribution in [0.5, 0.6) is 0 Å². The minimum Gasteiger partial charge on any atom is -0.396 e. The molecular formula is C21H18F5N3. The van der Waals surface area contributed by atoms with E-state index in [9.17, 15) is 22.0 Å². The van der Waals surface area contributed by atoms with Gasteiger partial charge in [0.15, 0.2) is 5.83 Å². The zero-order chi connectivity index (χ0) is 21.0. The van der Waals surface area contributed by atoms with Crippen molar-refractivity contribution in [3.05, 3.63) is 94.7 Å². The summed E-state index contributed by atoms with van der Waals surface area (Å²) in [6.07, 6.45) is 2.91. The lowest BCUT2D eigenvalue weighted by molar-refractivity contribution is -0.137.